The molecule has 0 heterocycles. The van der Waals surface area contributed by atoms with Crippen LogP contribution in [0.1, 0.15) is 13.8 Å². The van der Waals surface area contributed by atoms with Crippen molar-refractivity contribution in [1.29, 1.82) is 0 Å². The van der Waals surface area contributed by atoms with Gasteiger partial charge in [0.25, 0.3) is 0 Å². The highest BCUT2D eigenvalue weighted by atomic mass is 16.6. The molecule has 0 rings (SSSR count). The molecular formula is C6H18N4O2. The maximum absolute atomic E-state index is 5.46. The van der Waals surface area contributed by atoms with Crippen LogP contribution in [-0.4, -0.2) is 24.9 Å². The number of hydrogen-bond acceptors (Lipinski definition) is 6. The lowest BCUT2D eigenvalue weighted by Crippen LogP contribution is -2.50. The van der Waals surface area contributed by atoms with Gasteiger partial charge in [0.1, 0.15) is 24.9 Å². The van der Waals surface area contributed by atoms with Gasteiger partial charge in [-0.25, -0.2) is 0 Å². The van der Waals surface area contributed by atoms with Gasteiger partial charge in [0.15, 0.2) is 0 Å². The van der Waals surface area contributed by atoms with Crippen LogP contribution in [0.2, 0.25) is 0 Å². The molecule has 0 aromatic rings. The van der Waals surface area contributed by atoms with Crippen molar-refractivity contribution in [2.75, 3.05) is 0 Å². The van der Waals surface area contributed by atoms with Crippen LogP contribution in [0.5, 0.6) is 0 Å². The van der Waals surface area contributed by atoms with Gasteiger partial charge in [0.2, 0.25) is 0 Å². The third-order valence-corrected chi connectivity index (χ3v) is 1.07. The van der Waals surface area contributed by atoms with Crippen LogP contribution >= 0.6 is 0 Å². The van der Waals surface area contributed by atoms with E-state index < -0.39 is 24.9 Å². The summed E-state index contributed by atoms with van der Waals surface area (Å²) in [4.78, 5) is 0. The summed E-state index contributed by atoms with van der Waals surface area (Å²) in [6.07, 6.45) is -2.45. The lowest BCUT2D eigenvalue weighted by molar-refractivity contribution is -0.109. The lowest BCUT2D eigenvalue weighted by atomic mass is 10.5. The van der Waals surface area contributed by atoms with E-state index in [0.717, 1.165) is 0 Å². The highest BCUT2D eigenvalue weighted by Crippen LogP contribution is 1.95. The average Bonchev–Trinajstić information content (AvgIpc) is 1.84. The molecule has 6 nitrogen and oxygen atoms in total. The van der Waals surface area contributed by atoms with Crippen LogP contribution in [0.3, 0.4) is 0 Å². The zero-order valence-corrected chi connectivity index (χ0v) is 7.44. The standard InChI is InChI=1S/C6H18N4O2/c1-3(7)11-5(9)6(10)12-4(2)8/h3-6H,7-10H2,1-2H3. The molecule has 74 valence electrons. The zero-order chi connectivity index (χ0) is 9.72. The Morgan fingerprint density at radius 1 is 0.750 bits per heavy atom. The predicted octanol–water partition coefficient (Wildman–Crippen LogP) is -1.80. The Balaban J connectivity index is 3.68. The smallest absolute Gasteiger partial charge is 0.147 e. The molecule has 0 aliphatic carbocycles. The Morgan fingerprint density at radius 3 is 1.17 bits per heavy atom. The minimum absolute atomic E-state index is 0.470. The molecule has 0 aromatic heterocycles. The summed E-state index contributed by atoms with van der Waals surface area (Å²) in [6.45, 7) is 3.30. The number of rotatable bonds is 5. The fraction of sp³-hybridized carbons (Fsp3) is 1.00. The van der Waals surface area contributed by atoms with Crippen molar-refractivity contribution in [3.8, 4) is 0 Å². The number of nitrogens with two attached hydrogens (primary N) is 4. The van der Waals surface area contributed by atoms with Gasteiger partial charge in [-0.05, 0) is 13.8 Å². The minimum Gasteiger partial charge on any atom is -0.342 e. The second kappa shape index (κ2) is 5.41. The molecule has 12 heavy (non-hydrogen) atoms. The normalized spacial score (nSPS) is 21.5. The maximum Gasteiger partial charge on any atom is 0.147 e. The third-order valence-electron chi connectivity index (χ3n) is 1.07. The first kappa shape index (κ1) is 11.8. The Morgan fingerprint density at radius 2 is 1.00 bits per heavy atom. The van der Waals surface area contributed by atoms with E-state index in [9.17, 15) is 0 Å². The lowest BCUT2D eigenvalue weighted by Gasteiger charge is -2.23. The summed E-state index contributed by atoms with van der Waals surface area (Å²) in [6, 6.07) is 0. The summed E-state index contributed by atoms with van der Waals surface area (Å²) < 4.78 is 9.93. The van der Waals surface area contributed by atoms with E-state index in [1.807, 2.05) is 0 Å². The highest BCUT2D eigenvalue weighted by Gasteiger charge is 2.16. The maximum atomic E-state index is 5.46. The van der Waals surface area contributed by atoms with Crippen molar-refractivity contribution < 1.29 is 9.47 Å². The second-order valence-corrected chi connectivity index (χ2v) is 2.61. The fourth-order valence-corrected chi connectivity index (χ4v) is 0.651. The first-order chi connectivity index (χ1) is 5.43. The van der Waals surface area contributed by atoms with Crippen LogP contribution in [0.4, 0.5) is 0 Å². The molecular weight excluding hydrogens is 160 g/mol. The Bertz CT molecular complexity index is 106. The SMILES string of the molecule is CC(N)OC(N)C(N)OC(C)N. The van der Waals surface area contributed by atoms with E-state index in [1.54, 1.807) is 13.8 Å². The fourth-order valence-electron chi connectivity index (χ4n) is 0.651. The first-order valence-corrected chi connectivity index (χ1v) is 3.76. The zero-order valence-electron chi connectivity index (χ0n) is 7.44. The van der Waals surface area contributed by atoms with Crippen molar-refractivity contribution in [2.24, 2.45) is 22.9 Å². The summed E-state index contributed by atoms with van der Waals surface area (Å²) in [5.41, 5.74) is 21.6. The molecule has 8 N–H and O–H groups in total. The monoisotopic (exact) mass is 178 g/mol. The van der Waals surface area contributed by atoms with E-state index in [1.165, 1.54) is 0 Å². The molecule has 0 aliphatic heterocycles. The average molecular weight is 178 g/mol. The minimum atomic E-state index is -0.754. The van der Waals surface area contributed by atoms with Crippen molar-refractivity contribution in [2.45, 2.75) is 38.8 Å². The number of hydrogen-bond donors (Lipinski definition) is 4. The van der Waals surface area contributed by atoms with Crippen molar-refractivity contribution >= 4 is 0 Å². The van der Waals surface area contributed by atoms with E-state index in [-0.39, 0.29) is 0 Å². The van der Waals surface area contributed by atoms with Gasteiger partial charge < -0.3 is 32.4 Å². The van der Waals surface area contributed by atoms with Gasteiger partial charge in [0, 0.05) is 0 Å². The van der Waals surface area contributed by atoms with Crippen molar-refractivity contribution in [3.05, 3.63) is 0 Å². The molecule has 6 heteroatoms. The summed E-state index contributed by atoms with van der Waals surface area (Å²) >= 11 is 0. The van der Waals surface area contributed by atoms with Crippen LogP contribution in [-0.2, 0) is 9.47 Å². The largest absolute Gasteiger partial charge is 0.342 e. The van der Waals surface area contributed by atoms with Crippen LogP contribution in [0.15, 0.2) is 0 Å². The molecule has 0 spiro atoms. The summed E-state index contributed by atoms with van der Waals surface area (Å²) in [5.74, 6) is 0. The van der Waals surface area contributed by atoms with Crippen molar-refractivity contribution in [1.82, 2.24) is 0 Å². The topological polar surface area (TPSA) is 123 Å². The third kappa shape index (κ3) is 5.42. The van der Waals surface area contributed by atoms with E-state index >= 15 is 0 Å². The Labute approximate surface area is 72.2 Å². The highest BCUT2D eigenvalue weighted by molar-refractivity contribution is 4.58. The van der Waals surface area contributed by atoms with Crippen LogP contribution in [0, 0.1) is 0 Å². The number of ether oxygens (including phenoxy) is 2. The Kier molecular flexibility index (Phi) is 5.31. The Hall–Kier alpha value is -0.240. The van der Waals surface area contributed by atoms with E-state index in [0.29, 0.717) is 0 Å². The van der Waals surface area contributed by atoms with E-state index in [2.05, 4.69) is 0 Å². The molecule has 0 aromatic carbocycles. The molecule has 4 atom stereocenters. The molecule has 0 aliphatic rings. The molecule has 0 amide bonds. The molecule has 0 bridgehead atoms. The molecule has 0 radical (unpaired) electrons. The predicted molar refractivity (Wildman–Crippen MR) is 45.4 cm³/mol. The molecule has 0 saturated heterocycles. The first-order valence-electron chi connectivity index (χ1n) is 3.76. The summed E-state index contributed by atoms with van der Waals surface area (Å²) in [7, 11) is 0. The van der Waals surface area contributed by atoms with Gasteiger partial charge in [-0.15, -0.1) is 0 Å². The van der Waals surface area contributed by atoms with Gasteiger partial charge in [0.05, 0.1) is 0 Å². The second-order valence-electron chi connectivity index (χ2n) is 2.61. The van der Waals surface area contributed by atoms with Crippen molar-refractivity contribution in [3.63, 3.8) is 0 Å². The van der Waals surface area contributed by atoms with Crippen LogP contribution < -0.4 is 22.9 Å². The van der Waals surface area contributed by atoms with E-state index in [4.69, 9.17) is 32.4 Å². The van der Waals surface area contributed by atoms with Gasteiger partial charge >= 0.3 is 0 Å². The van der Waals surface area contributed by atoms with Crippen LogP contribution in [0.25, 0.3) is 0 Å². The molecule has 0 fully saturated rings. The van der Waals surface area contributed by atoms with Gasteiger partial charge in [-0.3, -0.25) is 0 Å². The molecule has 0 saturated carbocycles. The summed E-state index contributed by atoms with van der Waals surface area (Å²) in [5, 5.41) is 0. The van der Waals surface area contributed by atoms with Gasteiger partial charge in [-0.2, -0.15) is 0 Å². The van der Waals surface area contributed by atoms with Gasteiger partial charge in [-0.1, -0.05) is 0 Å². The molecule has 4 unspecified atom stereocenters. The quantitative estimate of drug-likeness (QED) is 0.368.